The Hall–Kier alpha value is -3.69. The zero-order valence-electron chi connectivity index (χ0n) is 32.4. The molecule has 0 spiro atoms. The van der Waals surface area contributed by atoms with E-state index in [2.05, 4.69) is 55.4 Å². The van der Waals surface area contributed by atoms with Gasteiger partial charge in [0.15, 0.2) is 0 Å². The van der Waals surface area contributed by atoms with E-state index in [1.165, 1.54) is 0 Å². The molecule has 9 heteroatoms. The number of carbonyl (C=O) groups excluding carboxylic acids is 1. The molecule has 2 fully saturated rings. The van der Waals surface area contributed by atoms with Crippen molar-refractivity contribution in [2.75, 3.05) is 9.80 Å². The number of nitrogens with zero attached hydrogens (tertiary/aromatic N) is 2. The van der Waals surface area contributed by atoms with Gasteiger partial charge >= 0.3 is 6.03 Å². The lowest BCUT2D eigenvalue weighted by Crippen LogP contribution is -2.48. The van der Waals surface area contributed by atoms with E-state index in [1.54, 1.807) is 9.80 Å². The SMILES string of the molecule is CC12CCC(C)(CC1)c1cc3c(cc12)N1C(=O)N2c4cc5c(cc4S(=O)(=O)c4cc6c7c(cc(c1c7c42)S3(=O)=O)C(C)(C)C6(C)C)C1(C)CCC5(C)CC1. The number of hydrogen-bond donors (Lipinski definition) is 0. The molecule has 0 saturated heterocycles. The van der Waals surface area contributed by atoms with Gasteiger partial charge in [-0.25, -0.2) is 21.6 Å². The minimum Gasteiger partial charge on any atom is -0.259 e. The third-order valence-corrected chi connectivity index (χ3v) is 21.0. The lowest BCUT2D eigenvalue weighted by Gasteiger charge is -2.53. The summed E-state index contributed by atoms with van der Waals surface area (Å²) in [7, 11) is -8.26. The minimum absolute atomic E-state index is 0.0966. The van der Waals surface area contributed by atoms with Gasteiger partial charge in [0.25, 0.3) is 0 Å². The van der Waals surface area contributed by atoms with E-state index in [0.717, 1.165) is 90.1 Å². The highest BCUT2D eigenvalue weighted by Gasteiger charge is 2.58. The highest BCUT2D eigenvalue weighted by atomic mass is 32.2. The largest absolute Gasteiger partial charge is 0.338 e. The van der Waals surface area contributed by atoms with Gasteiger partial charge in [-0.05, 0) is 159 Å². The lowest BCUT2D eigenvalue weighted by atomic mass is 9.52. The van der Waals surface area contributed by atoms with Crippen LogP contribution in [-0.2, 0) is 52.2 Å². The fraction of sp³-hybridized carbons (Fsp3) is 0.489. The third kappa shape index (κ3) is 3.15. The molecule has 2 saturated carbocycles. The molecule has 0 N–H and O–H groups in total. The van der Waals surface area contributed by atoms with Crippen molar-refractivity contribution >= 4 is 59.2 Å². The molecule has 278 valence electrons. The van der Waals surface area contributed by atoms with Crippen molar-refractivity contribution in [3.8, 4) is 0 Å². The maximum atomic E-state index is 15.8. The first-order valence-electron chi connectivity index (χ1n) is 19.8. The van der Waals surface area contributed by atoms with Gasteiger partial charge in [0.05, 0.1) is 42.3 Å². The summed E-state index contributed by atoms with van der Waals surface area (Å²) in [5.74, 6) is 0. The molecular weight excluding hydrogens is 713 g/mol. The van der Waals surface area contributed by atoms with Gasteiger partial charge in [-0.2, -0.15) is 0 Å². The average Bonchev–Trinajstić information content (AvgIpc) is 3.27. The molecule has 10 aliphatic rings. The number of benzene rings is 4. The van der Waals surface area contributed by atoms with Gasteiger partial charge in [-0.3, -0.25) is 9.80 Å². The Kier molecular flexibility index (Phi) is 5.22. The molecule has 2 amide bonds. The molecule has 0 unspecified atom stereocenters. The Morgan fingerprint density at radius 3 is 1.06 bits per heavy atom. The van der Waals surface area contributed by atoms with Crippen LogP contribution in [0.1, 0.15) is 140 Å². The van der Waals surface area contributed by atoms with E-state index in [4.69, 9.17) is 0 Å². The fourth-order valence-electron chi connectivity index (χ4n) is 12.7. The van der Waals surface area contributed by atoms with E-state index < -0.39 is 36.5 Å². The van der Waals surface area contributed by atoms with E-state index in [1.807, 2.05) is 36.4 Å². The van der Waals surface area contributed by atoms with Crippen molar-refractivity contribution in [1.29, 1.82) is 0 Å². The van der Waals surface area contributed by atoms with Crippen molar-refractivity contribution in [2.45, 2.75) is 159 Å². The Morgan fingerprint density at radius 2 is 0.722 bits per heavy atom. The summed E-state index contributed by atoms with van der Waals surface area (Å²) >= 11 is 0. The summed E-state index contributed by atoms with van der Waals surface area (Å²) in [5.41, 5.74) is 6.02. The first-order valence-corrected chi connectivity index (χ1v) is 22.8. The van der Waals surface area contributed by atoms with Crippen molar-refractivity contribution in [3.05, 3.63) is 69.8 Å². The third-order valence-electron chi connectivity index (χ3n) is 17.4. The molecule has 4 aromatic carbocycles. The molecule has 3 aliphatic heterocycles. The van der Waals surface area contributed by atoms with Crippen LogP contribution in [0.5, 0.6) is 0 Å². The smallest absolute Gasteiger partial charge is 0.259 e. The van der Waals surface area contributed by atoms with Crippen LogP contribution < -0.4 is 9.80 Å². The quantitative estimate of drug-likeness (QED) is 0.178. The number of fused-ring (bicyclic) bond motifs is 8. The fourth-order valence-corrected chi connectivity index (χ4v) is 16.1. The molecule has 54 heavy (non-hydrogen) atoms. The molecule has 0 radical (unpaired) electrons. The normalized spacial score (nSPS) is 33.7. The zero-order valence-corrected chi connectivity index (χ0v) is 34.0. The Balaban J connectivity index is 1.26. The number of hydrogen-bond acceptors (Lipinski definition) is 5. The summed E-state index contributed by atoms with van der Waals surface area (Å²) in [6.45, 7) is 17.6. The van der Waals surface area contributed by atoms with Gasteiger partial charge in [0.1, 0.15) is 0 Å². The van der Waals surface area contributed by atoms with Crippen molar-refractivity contribution in [3.63, 3.8) is 0 Å². The van der Waals surface area contributed by atoms with Crippen LogP contribution >= 0.6 is 0 Å². The molecule has 7 aliphatic carbocycles. The Labute approximate surface area is 318 Å². The van der Waals surface area contributed by atoms with Crippen LogP contribution in [0.2, 0.25) is 0 Å². The molecule has 14 rings (SSSR count). The van der Waals surface area contributed by atoms with Crippen molar-refractivity contribution in [2.24, 2.45) is 0 Å². The van der Waals surface area contributed by atoms with Gasteiger partial charge in [-0.15, -0.1) is 0 Å². The van der Waals surface area contributed by atoms with Gasteiger partial charge < -0.3 is 0 Å². The summed E-state index contributed by atoms with van der Waals surface area (Å²) in [5, 5.41) is 1.43. The summed E-state index contributed by atoms with van der Waals surface area (Å²) in [4.78, 5) is 19.6. The number of carbonyl (C=O) groups is 1. The minimum atomic E-state index is -4.13. The summed E-state index contributed by atoms with van der Waals surface area (Å²) in [6, 6.07) is 11.1. The number of anilines is 4. The monoisotopic (exact) mass is 758 g/mol. The van der Waals surface area contributed by atoms with E-state index in [9.17, 15) is 0 Å². The standard InChI is InChI=1S/C45H46N2O5S2/c1-40(2)27-21-33-37-36-35(27)28(41(40,3)4)22-34-38(36)47(30-18-24-26(20-32(30)54(34,51)52)45(8)15-11-43(24,6)12-16-45)39(48)46(37)29-17-23-25(19-31(29)53(33,49)50)44(7)13-9-42(23,5)10-14-44/h17-22H,9-16H2,1-8H3. The van der Waals surface area contributed by atoms with Gasteiger partial charge in [-0.1, -0.05) is 55.4 Å². The highest BCUT2D eigenvalue weighted by Crippen LogP contribution is 2.67. The number of urea groups is 1. The molecular formula is C45H46N2O5S2. The first-order chi connectivity index (χ1) is 25.1. The second-order valence-electron chi connectivity index (χ2n) is 20.5. The lowest BCUT2D eigenvalue weighted by molar-refractivity contribution is 0.187. The topological polar surface area (TPSA) is 91.8 Å². The summed E-state index contributed by atoms with van der Waals surface area (Å²) < 4.78 is 61.1. The second-order valence-corrected chi connectivity index (χ2v) is 24.2. The maximum absolute atomic E-state index is 15.8. The van der Waals surface area contributed by atoms with Crippen LogP contribution in [0.15, 0.2) is 56.0 Å². The average molecular weight is 759 g/mol. The number of rotatable bonds is 0. The Bertz CT molecular complexity index is 2660. The van der Waals surface area contributed by atoms with E-state index >= 15 is 21.6 Å². The number of amides is 2. The van der Waals surface area contributed by atoms with Gasteiger partial charge in [0.2, 0.25) is 19.7 Å². The van der Waals surface area contributed by atoms with Crippen molar-refractivity contribution < 1.29 is 21.6 Å². The van der Waals surface area contributed by atoms with Crippen molar-refractivity contribution in [1.82, 2.24) is 0 Å². The van der Waals surface area contributed by atoms with E-state index in [0.29, 0.717) is 28.1 Å². The van der Waals surface area contributed by atoms with Crippen LogP contribution in [0.3, 0.4) is 0 Å². The first kappa shape index (κ1) is 32.5. The molecule has 4 bridgehead atoms. The Morgan fingerprint density at radius 1 is 0.426 bits per heavy atom. The highest BCUT2D eigenvalue weighted by molar-refractivity contribution is 7.92. The predicted molar refractivity (Wildman–Crippen MR) is 210 cm³/mol. The second kappa shape index (κ2) is 8.66. The van der Waals surface area contributed by atoms with Crippen LogP contribution in [0.4, 0.5) is 27.5 Å². The van der Waals surface area contributed by atoms with Crippen LogP contribution in [-0.4, -0.2) is 22.9 Å². The van der Waals surface area contributed by atoms with Crippen LogP contribution in [0.25, 0.3) is 10.8 Å². The molecule has 4 aromatic rings. The van der Waals surface area contributed by atoms with E-state index in [-0.39, 0.29) is 41.2 Å². The number of sulfone groups is 2. The predicted octanol–water partition coefficient (Wildman–Crippen LogP) is 10.3. The van der Waals surface area contributed by atoms with Crippen LogP contribution in [0, 0.1) is 0 Å². The zero-order chi connectivity index (χ0) is 37.9. The maximum Gasteiger partial charge on any atom is 0.338 e. The molecule has 0 atom stereocenters. The molecule has 3 heterocycles. The summed E-state index contributed by atoms with van der Waals surface area (Å²) in [6.07, 6.45) is 8.07. The van der Waals surface area contributed by atoms with Gasteiger partial charge in [0, 0.05) is 5.39 Å². The molecule has 7 nitrogen and oxygen atoms in total. The molecule has 0 aromatic heterocycles.